The summed E-state index contributed by atoms with van der Waals surface area (Å²) in [5.41, 5.74) is 2.78. The highest BCUT2D eigenvalue weighted by Crippen LogP contribution is 2.26. The fourth-order valence-corrected chi connectivity index (χ4v) is 4.60. The van der Waals surface area contributed by atoms with Crippen LogP contribution in [-0.2, 0) is 11.2 Å². The van der Waals surface area contributed by atoms with Gasteiger partial charge in [-0.25, -0.2) is 9.97 Å². The Balaban J connectivity index is 1.29. The van der Waals surface area contributed by atoms with Crippen molar-refractivity contribution in [2.45, 2.75) is 58.9 Å². The molecule has 2 fully saturated rings. The van der Waals surface area contributed by atoms with Crippen LogP contribution in [0.3, 0.4) is 0 Å². The molecule has 1 aromatic heterocycles. The Morgan fingerprint density at radius 1 is 1.12 bits per heavy atom. The summed E-state index contributed by atoms with van der Waals surface area (Å²) >= 11 is 0. The third-order valence-corrected chi connectivity index (χ3v) is 6.90. The number of anilines is 1. The summed E-state index contributed by atoms with van der Waals surface area (Å²) in [5.74, 6) is 0.872. The Labute approximate surface area is 192 Å². The molecule has 8 nitrogen and oxygen atoms in total. The molecule has 0 unspecified atom stereocenters. The first-order valence-electron chi connectivity index (χ1n) is 12.2. The summed E-state index contributed by atoms with van der Waals surface area (Å²) in [5, 5.41) is 6.33. The van der Waals surface area contributed by atoms with E-state index in [2.05, 4.69) is 24.9 Å². The van der Waals surface area contributed by atoms with E-state index in [1.54, 1.807) is 0 Å². The second-order valence-electron chi connectivity index (χ2n) is 8.98. The molecule has 0 N–H and O–H groups in total. The first-order valence-corrected chi connectivity index (χ1v) is 12.2. The summed E-state index contributed by atoms with van der Waals surface area (Å²) in [6.45, 7) is 12.3. The van der Waals surface area contributed by atoms with Crippen molar-refractivity contribution in [1.29, 1.82) is 0 Å². The van der Waals surface area contributed by atoms with Crippen LogP contribution in [0.15, 0.2) is 29.3 Å². The van der Waals surface area contributed by atoms with E-state index in [4.69, 9.17) is 0 Å². The molecule has 3 aliphatic rings. The molecular formula is C24H37N7O. The van der Waals surface area contributed by atoms with Crippen molar-refractivity contribution in [3.8, 4) is 0 Å². The van der Waals surface area contributed by atoms with Crippen LogP contribution < -0.4 is 4.90 Å². The van der Waals surface area contributed by atoms with Crippen molar-refractivity contribution < 1.29 is 4.79 Å². The maximum absolute atomic E-state index is 13.1. The van der Waals surface area contributed by atoms with Crippen LogP contribution in [0.2, 0.25) is 0 Å². The molecule has 0 aromatic carbocycles. The standard InChI is InChI=1S/C24H37N7O/c1-4-28(23(32)22-10-9-19(3)27-31(22)5-2)12-11-20-17-25-24(26-18-20)30-15-13-29(14-16-30)21-7-6-8-21/h10,17-18,21H,4-9,11-16H2,1-3H3. The largest absolute Gasteiger partial charge is 0.338 e. The molecule has 1 aromatic rings. The van der Waals surface area contributed by atoms with E-state index >= 15 is 0 Å². The number of carbonyl (C=O) groups is 1. The number of carbonyl (C=O) groups excluding carboxylic acids is 1. The van der Waals surface area contributed by atoms with Crippen LogP contribution in [0.5, 0.6) is 0 Å². The summed E-state index contributed by atoms with van der Waals surface area (Å²) < 4.78 is 0. The molecule has 1 aliphatic carbocycles. The number of hydrogen-bond donors (Lipinski definition) is 0. The Morgan fingerprint density at radius 2 is 1.84 bits per heavy atom. The van der Waals surface area contributed by atoms with Gasteiger partial charge in [0.15, 0.2) is 0 Å². The lowest BCUT2D eigenvalue weighted by Gasteiger charge is -2.42. The third-order valence-electron chi connectivity index (χ3n) is 6.90. The molecule has 3 heterocycles. The van der Waals surface area contributed by atoms with Crippen molar-refractivity contribution >= 4 is 17.6 Å². The lowest BCUT2D eigenvalue weighted by Crippen LogP contribution is -2.52. The van der Waals surface area contributed by atoms with Crippen molar-refractivity contribution in [2.24, 2.45) is 5.10 Å². The number of allylic oxidation sites excluding steroid dienone is 1. The SMILES string of the molecule is CCN(CCc1cnc(N2CCN(C3CCC3)CC2)nc1)C(=O)C1=CCC(C)=NN1CC. The number of aromatic nitrogens is 2. The molecule has 0 spiro atoms. The average molecular weight is 440 g/mol. The van der Waals surface area contributed by atoms with Crippen LogP contribution in [-0.4, -0.2) is 88.3 Å². The molecule has 4 rings (SSSR count). The van der Waals surface area contributed by atoms with E-state index < -0.39 is 0 Å². The predicted octanol–water partition coefficient (Wildman–Crippen LogP) is 2.53. The number of hydrazone groups is 1. The Morgan fingerprint density at radius 3 is 2.44 bits per heavy atom. The highest BCUT2D eigenvalue weighted by Gasteiger charge is 2.28. The summed E-state index contributed by atoms with van der Waals surface area (Å²) in [6.07, 6.45) is 11.4. The molecule has 0 radical (unpaired) electrons. The quantitative estimate of drug-likeness (QED) is 0.620. The highest BCUT2D eigenvalue weighted by molar-refractivity contribution is 5.95. The van der Waals surface area contributed by atoms with Crippen LogP contribution >= 0.6 is 0 Å². The molecule has 1 saturated heterocycles. The van der Waals surface area contributed by atoms with Crippen LogP contribution in [0.1, 0.15) is 52.0 Å². The molecule has 174 valence electrons. The maximum Gasteiger partial charge on any atom is 0.271 e. The maximum atomic E-state index is 13.1. The molecular weight excluding hydrogens is 402 g/mol. The number of hydrogen-bond acceptors (Lipinski definition) is 7. The molecule has 8 heteroatoms. The Bertz CT molecular complexity index is 838. The van der Waals surface area contributed by atoms with Crippen LogP contribution in [0.25, 0.3) is 0 Å². The normalized spacial score (nSPS) is 20.0. The van der Waals surface area contributed by atoms with E-state index in [9.17, 15) is 4.79 Å². The molecule has 2 aliphatic heterocycles. The monoisotopic (exact) mass is 439 g/mol. The molecule has 1 amide bonds. The van der Waals surface area contributed by atoms with Gasteiger partial charge in [0.1, 0.15) is 5.70 Å². The van der Waals surface area contributed by atoms with Crippen LogP contribution in [0.4, 0.5) is 5.95 Å². The Kier molecular flexibility index (Phi) is 7.40. The number of nitrogens with zero attached hydrogens (tertiary/aromatic N) is 7. The summed E-state index contributed by atoms with van der Waals surface area (Å²) in [4.78, 5) is 29.2. The van der Waals surface area contributed by atoms with Gasteiger partial charge in [0, 0.05) is 76.4 Å². The molecule has 1 saturated carbocycles. The van der Waals surface area contributed by atoms with Gasteiger partial charge in [-0.3, -0.25) is 14.7 Å². The van der Waals surface area contributed by atoms with Gasteiger partial charge in [-0.05, 0) is 51.7 Å². The van der Waals surface area contributed by atoms with Gasteiger partial charge in [-0.1, -0.05) is 6.42 Å². The number of likely N-dealkylation sites (N-methyl/N-ethyl adjacent to an activating group) is 2. The van der Waals surface area contributed by atoms with Crippen molar-refractivity contribution in [1.82, 2.24) is 24.8 Å². The lowest BCUT2D eigenvalue weighted by molar-refractivity contribution is -0.128. The van der Waals surface area contributed by atoms with Gasteiger partial charge < -0.3 is 9.80 Å². The lowest BCUT2D eigenvalue weighted by atomic mass is 9.91. The fourth-order valence-electron chi connectivity index (χ4n) is 4.60. The zero-order chi connectivity index (χ0) is 22.5. The summed E-state index contributed by atoms with van der Waals surface area (Å²) in [7, 11) is 0. The van der Waals surface area contributed by atoms with Gasteiger partial charge in [0.25, 0.3) is 5.91 Å². The van der Waals surface area contributed by atoms with E-state index in [-0.39, 0.29) is 5.91 Å². The van der Waals surface area contributed by atoms with Gasteiger partial charge >= 0.3 is 0 Å². The van der Waals surface area contributed by atoms with E-state index in [0.717, 1.165) is 62.3 Å². The highest BCUT2D eigenvalue weighted by atomic mass is 16.2. The smallest absolute Gasteiger partial charge is 0.271 e. The van der Waals surface area contributed by atoms with E-state index in [1.807, 2.05) is 49.1 Å². The second kappa shape index (κ2) is 10.4. The van der Waals surface area contributed by atoms with Crippen molar-refractivity contribution in [2.75, 3.05) is 50.7 Å². The first-order chi connectivity index (χ1) is 15.6. The van der Waals surface area contributed by atoms with Crippen molar-refractivity contribution in [3.05, 3.63) is 29.7 Å². The van der Waals surface area contributed by atoms with E-state index in [1.165, 1.54) is 19.3 Å². The van der Waals surface area contributed by atoms with Crippen LogP contribution in [0, 0.1) is 0 Å². The molecule has 32 heavy (non-hydrogen) atoms. The van der Waals surface area contributed by atoms with Gasteiger partial charge in [-0.15, -0.1) is 0 Å². The fraction of sp³-hybridized carbons (Fsp3) is 0.667. The molecule has 0 bridgehead atoms. The number of rotatable bonds is 8. The van der Waals surface area contributed by atoms with Crippen molar-refractivity contribution in [3.63, 3.8) is 0 Å². The first kappa shape index (κ1) is 22.7. The predicted molar refractivity (Wildman–Crippen MR) is 128 cm³/mol. The van der Waals surface area contributed by atoms with E-state index in [0.29, 0.717) is 25.3 Å². The minimum absolute atomic E-state index is 0.0486. The minimum atomic E-state index is 0.0486. The Hall–Kier alpha value is -2.48. The van der Waals surface area contributed by atoms with Gasteiger partial charge in [-0.2, -0.15) is 5.10 Å². The summed E-state index contributed by atoms with van der Waals surface area (Å²) in [6, 6.07) is 0.814. The zero-order valence-electron chi connectivity index (χ0n) is 19.8. The third kappa shape index (κ3) is 5.11. The zero-order valence-corrected chi connectivity index (χ0v) is 19.8. The number of amides is 1. The second-order valence-corrected chi connectivity index (χ2v) is 8.98. The van der Waals surface area contributed by atoms with Gasteiger partial charge in [0.05, 0.1) is 0 Å². The van der Waals surface area contributed by atoms with Gasteiger partial charge in [0.2, 0.25) is 5.95 Å². The average Bonchev–Trinajstić information content (AvgIpc) is 2.79. The minimum Gasteiger partial charge on any atom is -0.338 e. The topological polar surface area (TPSA) is 68.2 Å². The number of piperazine rings is 1. The molecule has 0 atom stereocenters.